The molecule has 1 amide bonds. The van der Waals surface area contributed by atoms with Gasteiger partial charge in [0.1, 0.15) is 5.82 Å². The summed E-state index contributed by atoms with van der Waals surface area (Å²) in [4.78, 5) is 18.8. The van der Waals surface area contributed by atoms with E-state index in [-0.39, 0.29) is 5.91 Å². The van der Waals surface area contributed by atoms with Crippen LogP contribution >= 0.6 is 0 Å². The zero-order chi connectivity index (χ0) is 15.8. The van der Waals surface area contributed by atoms with E-state index in [1.54, 1.807) is 12.3 Å². The van der Waals surface area contributed by atoms with Crippen LogP contribution in [0.3, 0.4) is 0 Å². The van der Waals surface area contributed by atoms with Gasteiger partial charge in [0.05, 0.1) is 0 Å². The second-order valence-corrected chi connectivity index (χ2v) is 5.16. The van der Waals surface area contributed by atoms with E-state index >= 15 is 0 Å². The summed E-state index contributed by atoms with van der Waals surface area (Å²) >= 11 is 0. The van der Waals surface area contributed by atoms with E-state index in [2.05, 4.69) is 17.2 Å². The SMILES string of the molecule is CCCNc1cc(C(=O)N(CC)Cc2ccccc2)ccn1. The molecule has 1 heterocycles. The van der Waals surface area contributed by atoms with E-state index in [1.165, 1.54) is 0 Å². The van der Waals surface area contributed by atoms with E-state index in [1.807, 2.05) is 48.2 Å². The van der Waals surface area contributed by atoms with Crippen LogP contribution in [-0.4, -0.2) is 28.9 Å². The lowest BCUT2D eigenvalue weighted by molar-refractivity contribution is 0.0752. The van der Waals surface area contributed by atoms with Gasteiger partial charge in [-0.1, -0.05) is 37.3 Å². The number of carbonyl (C=O) groups is 1. The highest BCUT2D eigenvalue weighted by atomic mass is 16.2. The molecule has 0 fully saturated rings. The van der Waals surface area contributed by atoms with Crippen molar-refractivity contribution < 1.29 is 4.79 Å². The lowest BCUT2D eigenvalue weighted by atomic mass is 10.1. The maximum atomic E-state index is 12.7. The van der Waals surface area contributed by atoms with E-state index in [9.17, 15) is 4.79 Å². The largest absolute Gasteiger partial charge is 0.370 e. The normalized spacial score (nSPS) is 10.3. The first kappa shape index (κ1) is 16.0. The van der Waals surface area contributed by atoms with Crippen molar-refractivity contribution in [3.8, 4) is 0 Å². The lowest BCUT2D eigenvalue weighted by Crippen LogP contribution is -2.30. The van der Waals surface area contributed by atoms with Crippen molar-refractivity contribution in [1.82, 2.24) is 9.88 Å². The number of nitrogens with one attached hydrogen (secondary N) is 1. The minimum Gasteiger partial charge on any atom is -0.370 e. The quantitative estimate of drug-likeness (QED) is 0.850. The van der Waals surface area contributed by atoms with Gasteiger partial charge < -0.3 is 10.2 Å². The molecular weight excluding hydrogens is 274 g/mol. The highest BCUT2D eigenvalue weighted by molar-refractivity contribution is 5.94. The molecule has 22 heavy (non-hydrogen) atoms. The van der Waals surface area contributed by atoms with Crippen molar-refractivity contribution >= 4 is 11.7 Å². The Kier molecular flexibility index (Phi) is 5.95. The van der Waals surface area contributed by atoms with E-state index in [0.717, 1.165) is 24.3 Å². The summed E-state index contributed by atoms with van der Waals surface area (Å²) in [5, 5.41) is 3.21. The molecule has 0 bridgehead atoms. The van der Waals surface area contributed by atoms with Crippen LogP contribution in [-0.2, 0) is 6.54 Å². The summed E-state index contributed by atoms with van der Waals surface area (Å²) in [6.07, 6.45) is 2.70. The number of pyridine rings is 1. The first-order valence-electron chi connectivity index (χ1n) is 7.77. The second-order valence-electron chi connectivity index (χ2n) is 5.16. The molecule has 2 rings (SSSR count). The van der Waals surface area contributed by atoms with E-state index in [4.69, 9.17) is 0 Å². The Hall–Kier alpha value is -2.36. The third-order valence-electron chi connectivity index (χ3n) is 3.45. The van der Waals surface area contributed by atoms with E-state index in [0.29, 0.717) is 18.7 Å². The molecule has 0 aliphatic heterocycles. The van der Waals surface area contributed by atoms with Crippen molar-refractivity contribution in [3.05, 3.63) is 59.8 Å². The Bertz CT molecular complexity index is 598. The van der Waals surface area contributed by atoms with Gasteiger partial charge in [0.25, 0.3) is 5.91 Å². The highest BCUT2D eigenvalue weighted by Crippen LogP contribution is 2.12. The third kappa shape index (κ3) is 4.32. The summed E-state index contributed by atoms with van der Waals surface area (Å²) in [6, 6.07) is 13.6. The average molecular weight is 297 g/mol. The maximum Gasteiger partial charge on any atom is 0.254 e. The third-order valence-corrected chi connectivity index (χ3v) is 3.45. The van der Waals surface area contributed by atoms with Gasteiger partial charge >= 0.3 is 0 Å². The number of amides is 1. The van der Waals surface area contributed by atoms with Crippen molar-refractivity contribution in [2.45, 2.75) is 26.8 Å². The molecule has 116 valence electrons. The number of benzene rings is 1. The van der Waals surface area contributed by atoms with Crippen molar-refractivity contribution in [2.75, 3.05) is 18.4 Å². The van der Waals surface area contributed by atoms with Crippen LogP contribution in [0.4, 0.5) is 5.82 Å². The van der Waals surface area contributed by atoms with Gasteiger partial charge in [0.15, 0.2) is 0 Å². The average Bonchev–Trinajstić information content (AvgIpc) is 2.58. The molecule has 0 atom stereocenters. The minimum absolute atomic E-state index is 0.0355. The summed E-state index contributed by atoms with van der Waals surface area (Å²) in [5.74, 6) is 0.789. The number of anilines is 1. The number of hydrogen-bond donors (Lipinski definition) is 1. The number of carbonyl (C=O) groups excluding carboxylic acids is 1. The van der Waals surface area contributed by atoms with Crippen LogP contribution in [0.2, 0.25) is 0 Å². The van der Waals surface area contributed by atoms with E-state index < -0.39 is 0 Å². The molecular formula is C18H23N3O. The molecule has 1 aromatic heterocycles. The van der Waals surface area contributed by atoms with Crippen molar-refractivity contribution in [3.63, 3.8) is 0 Å². The molecule has 0 saturated heterocycles. The number of rotatable bonds is 7. The molecule has 0 saturated carbocycles. The van der Waals surface area contributed by atoms with Gasteiger partial charge in [0.2, 0.25) is 0 Å². The predicted molar refractivity (Wildman–Crippen MR) is 89.9 cm³/mol. The Morgan fingerprint density at radius 3 is 2.64 bits per heavy atom. The van der Waals surface area contributed by atoms with Crippen LogP contribution in [0, 0.1) is 0 Å². The van der Waals surface area contributed by atoms with Crippen LogP contribution in [0.15, 0.2) is 48.7 Å². The van der Waals surface area contributed by atoms with Gasteiger partial charge in [-0.15, -0.1) is 0 Å². The zero-order valence-electron chi connectivity index (χ0n) is 13.2. The molecule has 0 aliphatic carbocycles. The summed E-state index contributed by atoms with van der Waals surface area (Å²) in [5.41, 5.74) is 1.81. The molecule has 1 aromatic carbocycles. The highest BCUT2D eigenvalue weighted by Gasteiger charge is 2.15. The van der Waals surface area contributed by atoms with Gasteiger partial charge in [-0.05, 0) is 31.0 Å². The Morgan fingerprint density at radius 2 is 1.95 bits per heavy atom. The van der Waals surface area contributed by atoms with Gasteiger partial charge in [0, 0.05) is 31.4 Å². The Morgan fingerprint density at radius 1 is 1.18 bits per heavy atom. The van der Waals surface area contributed by atoms with Crippen LogP contribution in [0.25, 0.3) is 0 Å². The fraction of sp³-hybridized carbons (Fsp3) is 0.333. The van der Waals surface area contributed by atoms with Gasteiger partial charge in [-0.25, -0.2) is 4.98 Å². The number of aromatic nitrogens is 1. The first-order chi connectivity index (χ1) is 10.7. The van der Waals surface area contributed by atoms with Crippen molar-refractivity contribution in [1.29, 1.82) is 0 Å². The fourth-order valence-electron chi connectivity index (χ4n) is 2.23. The summed E-state index contributed by atoms with van der Waals surface area (Å²) < 4.78 is 0. The molecule has 0 radical (unpaired) electrons. The standard InChI is InChI=1S/C18H23N3O/c1-3-11-19-17-13-16(10-12-20-17)18(22)21(4-2)14-15-8-6-5-7-9-15/h5-10,12-13H,3-4,11,14H2,1-2H3,(H,19,20). The van der Waals surface area contributed by atoms with Crippen molar-refractivity contribution in [2.24, 2.45) is 0 Å². The molecule has 2 aromatic rings. The Balaban J connectivity index is 2.11. The molecule has 0 spiro atoms. The van der Waals surface area contributed by atoms with Gasteiger partial charge in [-0.3, -0.25) is 4.79 Å². The predicted octanol–water partition coefficient (Wildman–Crippen LogP) is 3.57. The monoisotopic (exact) mass is 297 g/mol. The molecule has 4 nitrogen and oxygen atoms in total. The van der Waals surface area contributed by atoms with Crippen LogP contribution in [0.1, 0.15) is 36.2 Å². The lowest BCUT2D eigenvalue weighted by Gasteiger charge is -2.21. The number of nitrogens with zero attached hydrogens (tertiary/aromatic N) is 2. The first-order valence-corrected chi connectivity index (χ1v) is 7.77. The summed E-state index contributed by atoms with van der Waals surface area (Å²) in [6.45, 7) is 6.25. The molecule has 4 heteroatoms. The fourth-order valence-corrected chi connectivity index (χ4v) is 2.23. The van der Waals surface area contributed by atoms with Gasteiger partial charge in [-0.2, -0.15) is 0 Å². The molecule has 1 N–H and O–H groups in total. The zero-order valence-corrected chi connectivity index (χ0v) is 13.2. The Labute approximate surface area is 132 Å². The second kappa shape index (κ2) is 8.17. The number of hydrogen-bond acceptors (Lipinski definition) is 3. The van der Waals surface area contributed by atoms with Crippen LogP contribution < -0.4 is 5.32 Å². The smallest absolute Gasteiger partial charge is 0.254 e. The summed E-state index contributed by atoms with van der Waals surface area (Å²) in [7, 11) is 0. The molecule has 0 unspecified atom stereocenters. The topological polar surface area (TPSA) is 45.2 Å². The van der Waals surface area contributed by atoms with Crippen LogP contribution in [0.5, 0.6) is 0 Å². The minimum atomic E-state index is 0.0355. The molecule has 0 aliphatic rings. The maximum absolute atomic E-state index is 12.7.